The van der Waals surface area contributed by atoms with Gasteiger partial charge in [0.2, 0.25) is 0 Å². The summed E-state index contributed by atoms with van der Waals surface area (Å²) in [6.07, 6.45) is 0.101. The van der Waals surface area contributed by atoms with E-state index in [4.69, 9.17) is 15.2 Å². The number of anilines is 1. The van der Waals surface area contributed by atoms with Crippen LogP contribution >= 0.6 is 11.8 Å². The summed E-state index contributed by atoms with van der Waals surface area (Å²) in [6, 6.07) is 13.8. The Morgan fingerprint density at radius 3 is 2.50 bits per heavy atom. The number of nitrogens with two attached hydrogens (primary N) is 1. The highest BCUT2D eigenvalue weighted by Crippen LogP contribution is 2.37. The molecule has 0 saturated carbocycles. The summed E-state index contributed by atoms with van der Waals surface area (Å²) in [6.45, 7) is 3.97. The zero-order chi connectivity index (χ0) is 14.5. The van der Waals surface area contributed by atoms with Crippen molar-refractivity contribution in [3.63, 3.8) is 0 Å². The van der Waals surface area contributed by atoms with Gasteiger partial charge in [-0.2, -0.15) is 0 Å². The summed E-state index contributed by atoms with van der Waals surface area (Å²) < 4.78 is 11.1. The molecule has 0 amide bonds. The van der Waals surface area contributed by atoms with Gasteiger partial charge >= 0.3 is 0 Å². The summed E-state index contributed by atoms with van der Waals surface area (Å²) >= 11 is 1.63. The molecule has 20 heavy (non-hydrogen) atoms. The van der Waals surface area contributed by atoms with Crippen molar-refractivity contribution in [1.29, 1.82) is 0 Å². The smallest absolute Gasteiger partial charge is 0.143 e. The maximum absolute atomic E-state index is 5.93. The van der Waals surface area contributed by atoms with Gasteiger partial charge in [0, 0.05) is 4.90 Å². The van der Waals surface area contributed by atoms with Crippen LogP contribution in [0.4, 0.5) is 5.69 Å². The second-order valence-electron chi connectivity index (χ2n) is 4.62. The molecule has 2 aromatic carbocycles. The van der Waals surface area contributed by atoms with Gasteiger partial charge in [0.1, 0.15) is 11.5 Å². The number of benzene rings is 2. The Kier molecular flexibility index (Phi) is 4.79. The maximum atomic E-state index is 5.93. The van der Waals surface area contributed by atoms with Crippen LogP contribution in [0.5, 0.6) is 11.5 Å². The monoisotopic (exact) mass is 289 g/mol. The zero-order valence-electron chi connectivity index (χ0n) is 11.9. The molecule has 0 saturated heterocycles. The Balaban J connectivity index is 2.25. The largest absolute Gasteiger partial charge is 0.496 e. The van der Waals surface area contributed by atoms with Crippen LogP contribution < -0.4 is 15.2 Å². The van der Waals surface area contributed by atoms with Crippen LogP contribution in [0.1, 0.15) is 13.8 Å². The second kappa shape index (κ2) is 6.57. The second-order valence-corrected chi connectivity index (χ2v) is 5.73. The van der Waals surface area contributed by atoms with E-state index in [1.54, 1.807) is 18.9 Å². The molecule has 4 heteroatoms. The lowest BCUT2D eigenvalue weighted by Gasteiger charge is -2.14. The van der Waals surface area contributed by atoms with Gasteiger partial charge in [-0.05, 0) is 44.2 Å². The molecule has 2 rings (SSSR count). The molecule has 0 unspecified atom stereocenters. The number of hydrogen-bond acceptors (Lipinski definition) is 4. The highest BCUT2D eigenvalue weighted by Gasteiger charge is 2.08. The molecule has 2 aromatic rings. The summed E-state index contributed by atoms with van der Waals surface area (Å²) in [5, 5.41) is 0. The van der Waals surface area contributed by atoms with Crippen LogP contribution in [-0.4, -0.2) is 13.2 Å². The SMILES string of the molecule is COc1ccccc1Sc1ccc(N)c(OC(C)C)c1. The summed E-state index contributed by atoms with van der Waals surface area (Å²) in [7, 11) is 1.68. The molecule has 0 fully saturated rings. The molecular weight excluding hydrogens is 270 g/mol. The van der Waals surface area contributed by atoms with E-state index in [1.165, 1.54) is 0 Å². The molecule has 0 aliphatic carbocycles. The van der Waals surface area contributed by atoms with E-state index in [1.807, 2.05) is 56.3 Å². The van der Waals surface area contributed by atoms with Gasteiger partial charge in [0.25, 0.3) is 0 Å². The number of rotatable bonds is 5. The highest BCUT2D eigenvalue weighted by molar-refractivity contribution is 7.99. The number of hydrogen-bond donors (Lipinski definition) is 1. The minimum atomic E-state index is 0.101. The lowest BCUT2D eigenvalue weighted by atomic mass is 10.3. The average molecular weight is 289 g/mol. The third-order valence-electron chi connectivity index (χ3n) is 2.64. The quantitative estimate of drug-likeness (QED) is 0.837. The number of methoxy groups -OCH3 is 1. The summed E-state index contributed by atoms with van der Waals surface area (Å²) in [4.78, 5) is 2.13. The molecule has 0 atom stereocenters. The minimum absolute atomic E-state index is 0.101. The van der Waals surface area contributed by atoms with E-state index in [0.29, 0.717) is 5.69 Å². The van der Waals surface area contributed by atoms with E-state index in [2.05, 4.69) is 0 Å². The van der Waals surface area contributed by atoms with Crippen molar-refractivity contribution >= 4 is 17.4 Å². The first-order valence-electron chi connectivity index (χ1n) is 6.47. The van der Waals surface area contributed by atoms with E-state index in [0.717, 1.165) is 21.3 Å². The molecule has 0 aliphatic heterocycles. The zero-order valence-corrected chi connectivity index (χ0v) is 12.7. The van der Waals surface area contributed by atoms with Crippen LogP contribution in [0.15, 0.2) is 52.3 Å². The van der Waals surface area contributed by atoms with Crippen molar-refractivity contribution in [3.8, 4) is 11.5 Å². The van der Waals surface area contributed by atoms with Gasteiger partial charge in [-0.3, -0.25) is 0 Å². The fraction of sp³-hybridized carbons (Fsp3) is 0.250. The Hall–Kier alpha value is -1.81. The van der Waals surface area contributed by atoms with Crippen LogP contribution in [0.2, 0.25) is 0 Å². The van der Waals surface area contributed by atoms with Crippen molar-refractivity contribution in [3.05, 3.63) is 42.5 Å². The lowest BCUT2D eigenvalue weighted by Crippen LogP contribution is -2.07. The molecule has 106 valence electrons. The molecule has 0 spiro atoms. The molecule has 0 radical (unpaired) electrons. The topological polar surface area (TPSA) is 44.5 Å². The fourth-order valence-electron chi connectivity index (χ4n) is 1.76. The Bertz CT molecular complexity index is 584. The first kappa shape index (κ1) is 14.6. The van der Waals surface area contributed by atoms with Crippen LogP contribution in [0.3, 0.4) is 0 Å². The molecule has 0 heterocycles. The van der Waals surface area contributed by atoms with Crippen LogP contribution in [0, 0.1) is 0 Å². The van der Waals surface area contributed by atoms with Crippen molar-refractivity contribution in [1.82, 2.24) is 0 Å². The number of nitrogen functional groups attached to an aromatic ring is 1. The molecule has 0 bridgehead atoms. The van der Waals surface area contributed by atoms with Gasteiger partial charge < -0.3 is 15.2 Å². The Morgan fingerprint density at radius 2 is 1.80 bits per heavy atom. The standard InChI is InChI=1S/C16H19NO2S/c1-11(2)19-15-10-12(8-9-13(15)17)20-16-7-5-4-6-14(16)18-3/h4-11H,17H2,1-3H3. The molecule has 2 N–H and O–H groups in total. The van der Waals surface area contributed by atoms with Gasteiger partial charge in [-0.1, -0.05) is 23.9 Å². The molecule has 0 aromatic heterocycles. The van der Waals surface area contributed by atoms with Gasteiger partial charge in [-0.15, -0.1) is 0 Å². The fourth-order valence-corrected chi connectivity index (χ4v) is 2.72. The van der Waals surface area contributed by atoms with Gasteiger partial charge in [0.05, 0.1) is 23.8 Å². The number of ether oxygens (including phenoxy) is 2. The van der Waals surface area contributed by atoms with Gasteiger partial charge in [-0.25, -0.2) is 0 Å². The predicted octanol–water partition coefficient (Wildman–Crippen LogP) is 4.22. The summed E-state index contributed by atoms with van der Waals surface area (Å²) in [5.41, 5.74) is 6.58. The first-order valence-corrected chi connectivity index (χ1v) is 7.29. The maximum Gasteiger partial charge on any atom is 0.143 e. The minimum Gasteiger partial charge on any atom is -0.496 e. The Labute approximate surface area is 124 Å². The van der Waals surface area contributed by atoms with Crippen molar-refractivity contribution < 1.29 is 9.47 Å². The lowest BCUT2D eigenvalue weighted by molar-refractivity contribution is 0.243. The normalized spacial score (nSPS) is 10.6. The van der Waals surface area contributed by atoms with Crippen molar-refractivity contribution in [2.75, 3.05) is 12.8 Å². The van der Waals surface area contributed by atoms with Crippen LogP contribution in [0.25, 0.3) is 0 Å². The highest BCUT2D eigenvalue weighted by atomic mass is 32.2. The van der Waals surface area contributed by atoms with Gasteiger partial charge in [0.15, 0.2) is 0 Å². The number of para-hydroxylation sites is 1. The molecular formula is C16H19NO2S. The van der Waals surface area contributed by atoms with E-state index in [9.17, 15) is 0 Å². The van der Waals surface area contributed by atoms with E-state index >= 15 is 0 Å². The van der Waals surface area contributed by atoms with Crippen LogP contribution in [-0.2, 0) is 0 Å². The molecule has 3 nitrogen and oxygen atoms in total. The first-order chi connectivity index (χ1) is 9.60. The van der Waals surface area contributed by atoms with E-state index < -0.39 is 0 Å². The van der Waals surface area contributed by atoms with Crippen molar-refractivity contribution in [2.24, 2.45) is 0 Å². The molecule has 0 aliphatic rings. The third-order valence-corrected chi connectivity index (χ3v) is 3.69. The van der Waals surface area contributed by atoms with Crippen molar-refractivity contribution in [2.45, 2.75) is 29.7 Å². The predicted molar refractivity (Wildman–Crippen MR) is 83.7 cm³/mol. The average Bonchev–Trinajstić information content (AvgIpc) is 2.42. The Morgan fingerprint density at radius 1 is 1.05 bits per heavy atom. The summed E-state index contributed by atoms with van der Waals surface area (Å²) in [5.74, 6) is 1.58. The third kappa shape index (κ3) is 3.61. The van der Waals surface area contributed by atoms with E-state index in [-0.39, 0.29) is 6.10 Å².